The molecule has 0 amide bonds. The van der Waals surface area contributed by atoms with Crippen molar-refractivity contribution in [2.24, 2.45) is 5.41 Å². The molecule has 1 atom stereocenters. The van der Waals surface area contributed by atoms with Gasteiger partial charge in [-0.15, -0.1) is 0 Å². The number of aliphatic hydroxyl groups is 1. The number of nitrogens with zero attached hydrogens (tertiary/aromatic N) is 1. The van der Waals surface area contributed by atoms with Crippen LogP contribution in [0.3, 0.4) is 0 Å². The first-order chi connectivity index (χ1) is 7.45. The molecule has 0 aliphatic carbocycles. The smallest absolute Gasteiger partial charge is 0.257 e. The molecule has 16 heavy (non-hydrogen) atoms. The summed E-state index contributed by atoms with van der Waals surface area (Å²) >= 11 is 0. The van der Waals surface area contributed by atoms with Gasteiger partial charge in [0.1, 0.15) is 5.82 Å². The zero-order valence-corrected chi connectivity index (χ0v) is 9.37. The Labute approximate surface area is 92.9 Å². The summed E-state index contributed by atoms with van der Waals surface area (Å²) in [4.78, 5) is 18.3. The number of nitrogen functional groups attached to an aromatic ring is 1. The van der Waals surface area contributed by atoms with Crippen LogP contribution in [0.25, 0.3) is 0 Å². The van der Waals surface area contributed by atoms with Gasteiger partial charge in [0.15, 0.2) is 0 Å². The van der Waals surface area contributed by atoms with Crippen LogP contribution in [0, 0.1) is 5.41 Å². The van der Waals surface area contributed by atoms with Crippen LogP contribution >= 0.6 is 0 Å². The predicted molar refractivity (Wildman–Crippen MR) is 61.4 cm³/mol. The van der Waals surface area contributed by atoms with Crippen LogP contribution in [0.1, 0.15) is 25.3 Å². The molecule has 2 heterocycles. The molecule has 1 aliphatic rings. The fourth-order valence-corrected chi connectivity index (χ4v) is 2.04. The minimum Gasteiger partial charge on any atom is -0.396 e. The van der Waals surface area contributed by atoms with E-state index >= 15 is 0 Å². The van der Waals surface area contributed by atoms with E-state index in [1.807, 2.05) is 13.8 Å². The summed E-state index contributed by atoms with van der Waals surface area (Å²) < 4.78 is 0. The Morgan fingerprint density at radius 2 is 2.31 bits per heavy atom. The third-order valence-electron chi connectivity index (χ3n) is 3.15. The van der Waals surface area contributed by atoms with E-state index in [0.29, 0.717) is 17.9 Å². The summed E-state index contributed by atoms with van der Waals surface area (Å²) in [6.45, 7) is 4.46. The number of fused-ring (bicyclic) bond motifs is 1. The third kappa shape index (κ3) is 1.55. The van der Waals surface area contributed by atoms with Gasteiger partial charge in [0.05, 0.1) is 5.56 Å². The first kappa shape index (κ1) is 10.9. The van der Waals surface area contributed by atoms with Crippen molar-refractivity contribution in [1.82, 2.24) is 9.97 Å². The molecule has 88 valence electrons. The van der Waals surface area contributed by atoms with E-state index in [0.717, 1.165) is 0 Å². The van der Waals surface area contributed by atoms with Gasteiger partial charge < -0.3 is 16.2 Å². The average molecular weight is 224 g/mol. The van der Waals surface area contributed by atoms with Crippen molar-refractivity contribution in [3.63, 3.8) is 0 Å². The summed E-state index contributed by atoms with van der Waals surface area (Å²) in [5.41, 5.74) is 5.47. The number of nitrogens with two attached hydrogens (primary N) is 1. The lowest BCUT2D eigenvalue weighted by Crippen LogP contribution is -2.31. The van der Waals surface area contributed by atoms with E-state index < -0.39 is 0 Å². The minimum atomic E-state index is -0.358. The van der Waals surface area contributed by atoms with Gasteiger partial charge >= 0.3 is 0 Å². The van der Waals surface area contributed by atoms with Crippen LogP contribution in [0.2, 0.25) is 0 Å². The van der Waals surface area contributed by atoms with Crippen LogP contribution in [-0.4, -0.2) is 28.2 Å². The van der Waals surface area contributed by atoms with E-state index in [4.69, 9.17) is 5.73 Å². The molecule has 0 bridgehead atoms. The molecule has 6 heteroatoms. The second-order valence-electron chi connectivity index (χ2n) is 4.79. The highest BCUT2D eigenvalue weighted by Gasteiger charge is 2.38. The second-order valence-corrected chi connectivity index (χ2v) is 4.79. The Hall–Kier alpha value is -1.56. The van der Waals surface area contributed by atoms with Gasteiger partial charge in [-0.3, -0.25) is 9.78 Å². The number of H-pyrrole nitrogens is 1. The van der Waals surface area contributed by atoms with Crippen molar-refractivity contribution in [3.05, 3.63) is 15.9 Å². The highest BCUT2D eigenvalue weighted by atomic mass is 16.3. The minimum absolute atomic E-state index is 0.0165. The molecule has 0 fully saturated rings. The van der Waals surface area contributed by atoms with Crippen LogP contribution in [0.5, 0.6) is 0 Å². The molecule has 1 unspecified atom stereocenters. The van der Waals surface area contributed by atoms with Gasteiger partial charge in [-0.1, -0.05) is 13.8 Å². The number of hydrogen-bond acceptors (Lipinski definition) is 5. The SMILES string of the molecule is CC(C)(CO)C1CNc2nc(N)[nH]c(=O)c21. The monoisotopic (exact) mass is 224 g/mol. The Morgan fingerprint density at radius 3 is 2.94 bits per heavy atom. The summed E-state index contributed by atoms with van der Waals surface area (Å²) in [5, 5.41) is 12.4. The number of hydrogen-bond donors (Lipinski definition) is 4. The molecule has 1 aliphatic heterocycles. The lowest BCUT2D eigenvalue weighted by atomic mass is 9.77. The van der Waals surface area contributed by atoms with Crippen LogP contribution in [0.15, 0.2) is 4.79 Å². The highest BCUT2D eigenvalue weighted by Crippen LogP contribution is 2.39. The van der Waals surface area contributed by atoms with Gasteiger partial charge in [-0.2, -0.15) is 4.98 Å². The van der Waals surface area contributed by atoms with Gasteiger partial charge in [0.2, 0.25) is 5.95 Å². The lowest BCUT2D eigenvalue weighted by Gasteiger charge is -2.28. The molecule has 2 rings (SSSR count). The van der Waals surface area contributed by atoms with Crippen molar-refractivity contribution in [2.45, 2.75) is 19.8 Å². The topological polar surface area (TPSA) is 104 Å². The second kappa shape index (κ2) is 3.48. The van der Waals surface area contributed by atoms with E-state index in [-0.39, 0.29) is 29.4 Å². The van der Waals surface area contributed by atoms with E-state index in [2.05, 4.69) is 15.3 Å². The highest BCUT2D eigenvalue weighted by molar-refractivity contribution is 5.53. The molecule has 6 nitrogen and oxygen atoms in total. The molecule has 0 aromatic carbocycles. The van der Waals surface area contributed by atoms with Crippen molar-refractivity contribution < 1.29 is 5.11 Å². The molecule has 5 N–H and O–H groups in total. The maximum Gasteiger partial charge on any atom is 0.257 e. The van der Waals surface area contributed by atoms with E-state index in [1.54, 1.807) is 0 Å². The molecule has 1 aromatic rings. The zero-order chi connectivity index (χ0) is 11.9. The number of anilines is 2. The molecule has 0 saturated carbocycles. The van der Waals surface area contributed by atoms with Crippen LogP contribution < -0.4 is 16.6 Å². The van der Waals surface area contributed by atoms with Crippen LogP contribution in [0.4, 0.5) is 11.8 Å². The third-order valence-corrected chi connectivity index (χ3v) is 3.15. The van der Waals surface area contributed by atoms with Crippen molar-refractivity contribution in [2.75, 3.05) is 24.2 Å². The predicted octanol–water partition coefficient (Wildman–Crippen LogP) is -0.120. The molecule has 0 radical (unpaired) electrons. The van der Waals surface area contributed by atoms with Crippen molar-refractivity contribution >= 4 is 11.8 Å². The number of nitrogens with one attached hydrogen (secondary N) is 2. The molecular formula is C10H16N4O2. The summed E-state index contributed by atoms with van der Waals surface area (Å²) in [6.07, 6.45) is 0. The average Bonchev–Trinajstić information content (AvgIpc) is 2.62. The van der Waals surface area contributed by atoms with Crippen molar-refractivity contribution in [3.8, 4) is 0 Å². The fraction of sp³-hybridized carbons (Fsp3) is 0.600. The quantitative estimate of drug-likeness (QED) is 0.560. The maximum absolute atomic E-state index is 11.8. The maximum atomic E-state index is 11.8. The molecule has 0 spiro atoms. The number of aliphatic hydroxyl groups excluding tert-OH is 1. The lowest BCUT2D eigenvalue weighted by molar-refractivity contribution is 0.136. The number of aromatic nitrogens is 2. The van der Waals surface area contributed by atoms with Gasteiger partial charge in [-0.05, 0) is 5.41 Å². The summed E-state index contributed by atoms with van der Waals surface area (Å²) in [6, 6.07) is 0. The Bertz CT molecular complexity index is 466. The van der Waals surface area contributed by atoms with E-state index in [1.165, 1.54) is 0 Å². The standard InChI is InChI=1S/C10H16N4O2/c1-10(2,4-15)5-3-12-7-6(5)8(16)14-9(11)13-7/h5,15H,3-4H2,1-2H3,(H4,11,12,13,14,16). The Balaban J connectivity index is 2.52. The molecule has 1 aromatic heterocycles. The largest absolute Gasteiger partial charge is 0.396 e. The normalized spacial score (nSPS) is 19.3. The van der Waals surface area contributed by atoms with E-state index in [9.17, 15) is 9.90 Å². The first-order valence-electron chi connectivity index (χ1n) is 5.20. The van der Waals surface area contributed by atoms with Gasteiger partial charge in [-0.25, -0.2) is 0 Å². The molecule has 0 saturated heterocycles. The Kier molecular flexibility index (Phi) is 2.38. The van der Waals surface area contributed by atoms with Crippen molar-refractivity contribution in [1.29, 1.82) is 0 Å². The van der Waals surface area contributed by atoms with Gasteiger partial charge in [0.25, 0.3) is 5.56 Å². The molecular weight excluding hydrogens is 208 g/mol. The summed E-state index contributed by atoms with van der Waals surface area (Å²) in [5.74, 6) is 0.593. The Morgan fingerprint density at radius 1 is 1.62 bits per heavy atom. The summed E-state index contributed by atoms with van der Waals surface area (Å²) in [7, 11) is 0. The van der Waals surface area contributed by atoms with Crippen LogP contribution in [-0.2, 0) is 0 Å². The zero-order valence-electron chi connectivity index (χ0n) is 9.37. The van der Waals surface area contributed by atoms with Gasteiger partial charge in [0, 0.05) is 19.1 Å². The first-order valence-corrected chi connectivity index (χ1v) is 5.20. The number of aromatic amines is 1. The fourth-order valence-electron chi connectivity index (χ4n) is 2.04. The number of rotatable bonds is 2.